The van der Waals surface area contributed by atoms with Crippen molar-refractivity contribution in [1.29, 1.82) is 0 Å². The minimum absolute atomic E-state index is 0.106. The van der Waals surface area contributed by atoms with Crippen molar-refractivity contribution in [2.75, 3.05) is 24.5 Å². The minimum atomic E-state index is -0.106. The number of anilines is 1. The van der Waals surface area contributed by atoms with Crippen LogP contribution in [-0.4, -0.2) is 39.4 Å². The van der Waals surface area contributed by atoms with Gasteiger partial charge in [-0.2, -0.15) is 10.1 Å². The Kier molecular flexibility index (Phi) is 5.11. The van der Waals surface area contributed by atoms with Crippen molar-refractivity contribution in [1.82, 2.24) is 19.7 Å². The first-order valence-electron chi connectivity index (χ1n) is 9.24. The summed E-state index contributed by atoms with van der Waals surface area (Å²) in [6.07, 6.45) is 1.96. The Morgan fingerprint density at radius 1 is 1.36 bits per heavy atom. The van der Waals surface area contributed by atoms with Gasteiger partial charge in [0.05, 0.1) is 0 Å². The third-order valence-corrected chi connectivity index (χ3v) is 6.71. The standard InChI is InChI=1S/C19H23ClN6OS/c1-19(11-21)6-8-26(9-7-19)18-22-15-14(17(27)25(18)2)16(24-23-15)28-13-5-3-4-12(20)10-13/h3-5,10H,6-9,11,21H2,1-2H3,(H,23,24). The number of hydrogen-bond donors (Lipinski definition) is 2. The first kappa shape index (κ1) is 19.3. The number of benzene rings is 1. The van der Waals surface area contributed by atoms with E-state index in [9.17, 15) is 4.79 Å². The highest BCUT2D eigenvalue weighted by Crippen LogP contribution is 2.33. The Morgan fingerprint density at radius 2 is 2.11 bits per heavy atom. The number of halogens is 1. The number of aromatic nitrogens is 4. The van der Waals surface area contributed by atoms with Crippen molar-refractivity contribution in [3.8, 4) is 0 Å². The zero-order chi connectivity index (χ0) is 19.9. The first-order chi connectivity index (χ1) is 13.4. The van der Waals surface area contributed by atoms with E-state index in [-0.39, 0.29) is 11.0 Å². The molecule has 1 fully saturated rings. The van der Waals surface area contributed by atoms with Gasteiger partial charge in [0, 0.05) is 30.1 Å². The summed E-state index contributed by atoms with van der Waals surface area (Å²) >= 11 is 7.46. The normalized spacial score (nSPS) is 16.6. The van der Waals surface area contributed by atoms with E-state index in [1.165, 1.54) is 11.8 Å². The largest absolute Gasteiger partial charge is 0.342 e. The molecule has 148 valence electrons. The van der Waals surface area contributed by atoms with Gasteiger partial charge in [0.15, 0.2) is 5.65 Å². The van der Waals surface area contributed by atoms with E-state index in [2.05, 4.69) is 22.0 Å². The molecule has 9 heteroatoms. The van der Waals surface area contributed by atoms with Crippen LogP contribution in [0.25, 0.3) is 11.0 Å². The quantitative estimate of drug-likeness (QED) is 0.676. The third kappa shape index (κ3) is 3.52. The van der Waals surface area contributed by atoms with Crippen LogP contribution in [0.1, 0.15) is 19.8 Å². The summed E-state index contributed by atoms with van der Waals surface area (Å²) in [4.78, 5) is 20.9. The molecule has 3 heterocycles. The van der Waals surface area contributed by atoms with Crippen molar-refractivity contribution in [2.24, 2.45) is 18.2 Å². The van der Waals surface area contributed by atoms with Gasteiger partial charge in [-0.3, -0.25) is 14.5 Å². The summed E-state index contributed by atoms with van der Waals surface area (Å²) < 4.78 is 1.62. The molecule has 0 bridgehead atoms. The van der Waals surface area contributed by atoms with Gasteiger partial charge in [0.25, 0.3) is 5.56 Å². The molecule has 0 atom stereocenters. The monoisotopic (exact) mass is 418 g/mol. The number of hydrogen-bond acceptors (Lipinski definition) is 6. The molecule has 0 saturated carbocycles. The van der Waals surface area contributed by atoms with Gasteiger partial charge in [-0.1, -0.05) is 36.4 Å². The van der Waals surface area contributed by atoms with Crippen LogP contribution < -0.4 is 16.2 Å². The minimum Gasteiger partial charge on any atom is -0.342 e. The van der Waals surface area contributed by atoms with Gasteiger partial charge in [-0.05, 0) is 43.0 Å². The fourth-order valence-corrected chi connectivity index (χ4v) is 4.66. The summed E-state index contributed by atoms with van der Waals surface area (Å²) in [6.45, 7) is 4.56. The molecule has 0 radical (unpaired) electrons. The summed E-state index contributed by atoms with van der Waals surface area (Å²) in [7, 11) is 1.77. The second kappa shape index (κ2) is 7.42. The number of nitrogens with two attached hydrogens (primary N) is 1. The zero-order valence-electron chi connectivity index (χ0n) is 15.9. The Morgan fingerprint density at radius 3 is 2.79 bits per heavy atom. The van der Waals surface area contributed by atoms with E-state index in [0.29, 0.717) is 33.6 Å². The summed E-state index contributed by atoms with van der Waals surface area (Å²) in [6, 6.07) is 7.47. The van der Waals surface area contributed by atoms with E-state index in [0.717, 1.165) is 30.8 Å². The predicted octanol–water partition coefficient (Wildman–Crippen LogP) is 3.03. The van der Waals surface area contributed by atoms with Crippen molar-refractivity contribution < 1.29 is 0 Å². The molecule has 0 aliphatic carbocycles. The van der Waals surface area contributed by atoms with E-state index < -0.39 is 0 Å². The summed E-state index contributed by atoms with van der Waals surface area (Å²) in [5.41, 5.74) is 6.48. The van der Waals surface area contributed by atoms with Crippen LogP contribution in [0.2, 0.25) is 5.02 Å². The van der Waals surface area contributed by atoms with Crippen LogP contribution in [0, 0.1) is 5.41 Å². The highest BCUT2D eigenvalue weighted by molar-refractivity contribution is 7.99. The second-order valence-corrected chi connectivity index (χ2v) is 9.09. The number of rotatable bonds is 4. The number of fused-ring (bicyclic) bond motifs is 1. The van der Waals surface area contributed by atoms with Gasteiger partial charge in [0.1, 0.15) is 10.4 Å². The molecule has 4 rings (SSSR count). The van der Waals surface area contributed by atoms with E-state index >= 15 is 0 Å². The number of H-pyrrole nitrogens is 1. The SMILES string of the molecule is Cn1c(N2CCC(C)(CN)CC2)nc2[nH]nc(Sc3cccc(Cl)c3)c2c1=O. The van der Waals surface area contributed by atoms with E-state index in [1.807, 2.05) is 24.3 Å². The highest BCUT2D eigenvalue weighted by Gasteiger charge is 2.30. The average Bonchev–Trinajstić information content (AvgIpc) is 3.08. The number of nitrogens with one attached hydrogen (secondary N) is 1. The number of nitrogens with zero attached hydrogens (tertiary/aromatic N) is 4. The molecule has 1 saturated heterocycles. The number of aromatic amines is 1. The van der Waals surface area contributed by atoms with Gasteiger partial charge in [-0.15, -0.1) is 0 Å². The molecule has 1 aliphatic heterocycles. The fourth-order valence-electron chi connectivity index (χ4n) is 3.47. The topological polar surface area (TPSA) is 92.8 Å². The fraction of sp³-hybridized carbons (Fsp3) is 0.421. The smallest absolute Gasteiger partial charge is 0.266 e. The Balaban J connectivity index is 1.67. The van der Waals surface area contributed by atoms with Crippen LogP contribution in [0.3, 0.4) is 0 Å². The molecule has 3 aromatic rings. The van der Waals surface area contributed by atoms with Gasteiger partial charge in [0.2, 0.25) is 5.95 Å². The molecule has 2 aromatic heterocycles. The first-order valence-corrected chi connectivity index (χ1v) is 10.4. The van der Waals surface area contributed by atoms with Crippen LogP contribution in [0.15, 0.2) is 39.0 Å². The number of piperidine rings is 1. The zero-order valence-corrected chi connectivity index (χ0v) is 17.5. The maximum absolute atomic E-state index is 13.1. The van der Waals surface area contributed by atoms with Crippen molar-refractivity contribution >= 4 is 40.3 Å². The lowest BCUT2D eigenvalue weighted by molar-refractivity contribution is 0.256. The molecule has 1 aromatic carbocycles. The molecule has 28 heavy (non-hydrogen) atoms. The lowest BCUT2D eigenvalue weighted by Crippen LogP contribution is -2.44. The summed E-state index contributed by atoms with van der Waals surface area (Å²) in [5, 5.41) is 9.00. The van der Waals surface area contributed by atoms with E-state index in [4.69, 9.17) is 22.3 Å². The van der Waals surface area contributed by atoms with Gasteiger partial charge in [-0.25, -0.2) is 0 Å². The lowest BCUT2D eigenvalue weighted by Gasteiger charge is -2.39. The molecule has 0 spiro atoms. The van der Waals surface area contributed by atoms with Gasteiger partial charge >= 0.3 is 0 Å². The van der Waals surface area contributed by atoms with Crippen LogP contribution in [-0.2, 0) is 7.05 Å². The predicted molar refractivity (Wildman–Crippen MR) is 113 cm³/mol. The van der Waals surface area contributed by atoms with Crippen molar-refractivity contribution in [3.63, 3.8) is 0 Å². The third-order valence-electron chi connectivity index (χ3n) is 5.50. The molecule has 0 amide bonds. The Labute approximate surface area is 172 Å². The molecule has 3 N–H and O–H groups in total. The van der Waals surface area contributed by atoms with Crippen molar-refractivity contribution in [3.05, 3.63) is 39.6 Å². The molecule has 7 nitrogen and oxygen atoms in total. The van der Waals surface area contributed by atoms with Gasteiger partial charge < -0.3 is 10.6 Å². The summed E-state index contributed by atoms with van der Waals surface area (Å²) in [5.74, 6) is 0.666. The Hall–Kier alpha value is -2.03. The average molecular weight is 419 g/mol. The van der Waals surface area contributed by atoms with Crippen molar-refractivity contribution in [2.45, 2.75) is 29.7 Å². The maximum Gasteiger partial charge on any atom is 0.266 e. The highest BCUT2D eigenvalue weighted by atomic mass is 35.5. The van der Waals surface area contributed by atoms with Crippen LogP contribution >= 0.6 is 23.4 Å². The molecule has 0 unspecified atom stereocenters. The molecular formula is C19H23ClN6OS. The molecule has 1 aliphatic rings. The lowest BCUT2D eigenvalue weighted by atomic mass is 9.81. The molecular weight excluding hydrogens is 396 g/mol. The Bertz CT molecular complexity index is 1070. The second-order valence-electron chi connectivity index (χ2n) is 7.59. The van der Waals surface area contributed by atoms with Crippen LogP contribution in [0.5, 0.6) is 0 Å². The van der Waals surface area contributed by atoms with E-state index in [1.54, 1.807) is 11.6 Å². The maximum atomic E-state index is 13.1. The van der Waals surface area contributed by atoms with Crippen LogP contribution in [0.4, 0.5) is 5.95 Å².